The second-order valence-electron chi connectivity index (χ2n) is 20.6. The highest BCUT2D eigenvalue weighted by molar-refractivity contribution is 5.71. The molecule has 73 heavy (non-hydrogen) atoms. The monoisotopic (exact) mass is 1020 g/mol. The molecule has 0 rings (SSSR count). The molecule has 0 aliphatic heterocycles. The van der Waals surface area contributed by atoms with Crippen molar-refractivity contribution >= 4 is 17.9 Å². The molecule has 6 heteroatoms. The third-order valence-corrected chi connectivity index (χ3v) is 13.4. The maximum atomic E-state index is 12.9. The Hall–Kier alpha value is -3.41. The van der Waals surface area contributed by atoms with Gasteiger partial charge in [0.15, 0.2) is 6.10 Å². The minimum atomic E-state index is -0.810. The van der Waals surface area contributed by atoms with Gasteiger partial charge in [0.05, 0.1) is 0 Å². The van der Waals surface area contributed by atoms with Gasteiger partial charge in [-0.25, -0.2) is 0 Å². The van der Waals surface area contributed by atoms with Gasteiger partial charge in [-0.3, -0.25) is 14.4 Å². The number of hydrogen-bond donors (Lipinski definition) is 0. The smallest absolute Gasteiger partial charge is 0.306 e. The third kappa shape index (κ3) is 59.3. The van der Waals surface area contributed by atoms with Crippen LogP contribution >= 0.6 is 0 Å². The number of carbonyl (C=O) groups is 3. The van der Waals surface area contributed by atoms with Crippen molar-refractivity contribution in [3.8, 4) is 0 Å². The van der Waals surface area contributed by atoms with Gasteiger partial charge < -0.3 is 14.2 Å². The molecule has 0 fully saturated rings. The van der Waals surface area contributed by atoms with E-state index in [-0.39, 0.29) is 37.5 Å². The molecule has 0 saturated heterocycles. The van der Waals surface area contributed by atoms with Crippen molar-refractivity contribution in [2.24, 2.45) is 0 Å². The average molecular weight is 1020 g/mol. The van der Waals surface area contributed by atoms with E-state index in [9.17, 15) is 14.4 Å². The van der Waals surface area contributed by atoms with Crippen LogP contribution in [0.5, 0.6) is 0 Å². The molecule has 0 aromatic heterocycles. The first-order valence-corrected chi connectivity index (χ1v) is 31.1. The molecule has 420 valence electrons. The zero-order valence-corrected chi connectivity index (χ0v) is 48.1. The first-order chi connectivity index (χ1) is 36.0. The summed E-state index contributed by atoms with van der Waals surface area (Å²) in [6, 6.07) is 0. The number of rotatable bonds is 56. The molecule has 0 saturated carbocycles. The summed E-state index contributed by atoms with van der Waals surface area (Å²) in [6.07, 6.45) is 80.1. The van der Waals surface area contributed by atoms with Gasteiger partial charge in [-0.05, 0) is 103 Å². The van der Waals surface area contributed by atoms with Gasteiger partial charge in [-0.2, -0.15) is 0 Å². The second-order valence-corrected chi connectivity index (χ2v) is 20.6. The molecule has 0 N–H and O–H groups in total. The van der Waals surface area contributed by atoms with E-state index < -0.39 is 6.10 Å². The van der Waals surface area contributed by atoms with E-state index in [2.05, 4.69) is 106 Å². The van der Waals surface area contributed by atoms with E-state index in [1.807, 2.05) is 0 Å². The van der Waals surface area contributed by atoms with E-state index >= 15 is 0 Å². The molecule has 0 unspecified atom stereocenters. The minimum Gasteiger partial charge on any atom is -0.462 e. The highest BCUT2D eigenvalue weighted by Crippen LogP contribution is 2.16. The molecule has 0 heterocycles. The van der Waals surface area contributed by atoms with E-state index in [0.717, 1.165) is 89.9 Å². The molecular weight excluding hydrogens is 901 g/mol. The molecule has 0 aromatic carbocycles. The Morgan fingerprint density at radius 3 is 0.822 bits per heavy atom. The summed E-state index contributed by atoms with van der Waals surface area (Å²) in [5.41, 5.74) is 0. The Bertz CT molecular complexity index is 1400. The lowest BCUT2D eigenvalue weighted by atomic mass is 10.0. The van der Waals surface area contributed by atoms with Crippen molar-refractivity contribution < 1.29 is 28.6 Å². The second kappa shape index (κ2) is 61.1. The van der Waals surface area contributed by atoms with E-state index in [1.54, 1.807) is 0 Å². The van der Waals surface area contributed by atoms with Crippen molar-refractivity contribution in [2.45, 2.75) is 309 Å². The Morgan fingerprint density at radius 2 is 0.493 bits per heavy atom. The Balaban J connectivity index is 4.43. The lowest BCUT2D eigenvalue weighted by Crippen LogP contribution is -2.30. The van der Waals surface area contributed by atoms with Crippen molar-refractivity contribution in [3.63, 3.8) is 0 Å². The molecule has 0 aromatic rings. The third-order valence-electron chi connectivity index (χ3n) is 13.4. The summed E-state index contributed by atoms with van der Waals surface area (Å²) in [5.74, 6) is -0.960. The molecule has 0 radical (unpaired) electrons. The largest absolute Gasteiger partial charge is 0.462 e. The standard InChI is InChI=1S/C67H116O6/c1-4-7-10-13-16-19-22-25-28-30-32-33-35-37-40-42-45-48-51-54-57-60-66(69)72-63-64(73-67(70)61-58-55-52-49-46-43-38-27-24-21-18-15-12-9-6-3)62-71-65(68)59-56-53-50-47-44-41-39-36-34-31-29-26-23-20-17-14-11-8-5-2/h17-18,20-21,26-27,29,34,36,38,41,44,46,49,64H,4-16,19,22-25,28,30-33,35,37,39-40,42-43,45,47-48,50-63H2,1-3H3/b20-17-,21-18-,29-26-,36-34-,38-27-,44-41-,49-46-/t64-/m1/s1. The average Bonchev–Trinajstić information content (AvgIpc) is 3.39. The fourth-order valence-electron chi connectivity index (χ4n) is 8.67. The number of unbranched alkanes of at least 4 members (excludes halogenated alkanes) is 31. The van der Waals surface area contributed by atoms with Gasteiger partial charge >= 0.3 is 17.9 Å². The van der Waals surface area contributed by atoms with E-state index in [1.165, 1.54) is 167 Å². The van der Waals surface area contributed by atoms with Gasteiger partial charge in [-0.15, -0.1) is 0 Å². The predicted octanol–water partition coefficient (Wildman–Crippen LogP) is 21.1. The summed E-state index contributed by atoms with van der Waals surface area (Å²) in [4.78, 5) is 38.2. The van der Waals surface area contributed by atoms with Crippen LogP contribution in [0.2, 0.25) is 0 Å². The topological polar surface area (TPSA) is 78.9 Å². The normalized spacial score (nSPS) is 12.6. The van der Waals surface area contributed by atoms with Crippen molar-refractivity contribution in [1.82, 2.24) is 0 Å². The van der Waals surface area contributed by atoms with Gasteiger partial charge in [0.1, 0.15) is 13.2 Å². The fourth-order valence-corrected chi connectivity index (χ4v) is 8.67. The molecule has 0 spiro atoms. The SMILES string of the molecule is CCCCC/C=C\C/C=C\C/C=C\C/C=C\CCCCCC(=O)OC[C@H](COC(=O)CCCCCCCCCCCCCCCCCCCCCCC)OC(=O)CCCC/C=C\C/C=C\C/C=C\CCCCC. The molecule has 0 amide bonds. The molecule has 0 bridgehead atoms. The van der Waals surface area contributed by atoms with Crippen LogP contribution in [0.15, 0.2) is 85.1 Å². The van der Waals surface area contributed by atoms with Gasteiger partial charge in [0, 0.05) is 19.3 Å². The fraction of sp³-hybridized carbons (Fsp3) is 0.746. The number of carbonyl (C=O) groups excluding carboxylic acids is 3. The summed E-state index contributed by atoms with van der Waals surface area (Å²) in [7, 11) is 0. The van der Waals surface area contributed by atoms with Crippen LogP contribution in [-0.4, -0.2) is 37.2 Å². The van der Waals surface area contributed by atoms with Gasteiger partial charge in [0.2, 0.25) is 0 Å². The number of ether oxygens (including phenoxy) is 3. The predicted molar refractivity (Wildman–Crippen MR) is 316 cm³/mol. The highest BCUT2D eigenvalue weighted by atomic mass is 16.6. The maximum Gasteiger partial charge on any atom is 0.306 e. The van der Waals surface area contributed by atoms with E-state index in [0.29, 0.717) is 19.3 Å². The summed E-state index contributed by atoms with van der Waals surface area (Å²) in [5, 5.41) is 0. The quantitative estimate of drug-likeness (QED) is 0.0261. The van der Waals surface area contributed by atoms with Crippen LogP contribution in [0, 0.1) is 0 Å². The molecular formula is C67H116O6. The maximum absolute atomic E-state index is 12.9. The molecule has 6 nitrogen and oxygen atoms in total. The van der Waals surface area contributed by atoms with Crippen LogP contribution in [-0.2, 0) is 28.6 Å². The summed E-state index contributed by atoms with van der Waals surface area (Å²) < 4.78 is 16.9. The lowest BCUT2D eigenvalue weighted by Gasteiger charge is -2.18. The number of esters is 3. The molecule has 0 aliphatic rings. The first kappa shape index (κ1) is 69.6. The Kier molecular flexibility index (Phi) is 58.3. The molecule has 0 aliphatic carbocycles. The van der Waals surface area contributed by atoms with Crippen molar-refractivity contribution in [3.05, 3.63) is 85.1 Å². The summed E-state index contributed by atoms with van der Waals surface area (Å²) >= 11 is 0. The van der Waals surface area contributed by atoms with Gasteiger partial charge in [-0.1, -0.05) is 266 Å². The van der Waals surface area contributed by atoms with Crippen molar-refractivity contribution in [1.29, 1.82) is 0 Å². The van der Waals surface area contributed by atoms with Crippen LogP contribution in [0.1, 0.15) is 303 Å². The minimum absolute atomic E-state index is 0.100. The van der Waals surface area contributed by atoms with Crippen LogP contribution in [0.25, 0.3) is 0 Å². The Labute approximate surface area is 452 Å². The van der Waals surface area contributed by atoms with Crippen LogP contribution in [0.3, 0.4) is 0 Å². The van der Waals surface area contributed by atoms with E-state index in [4.69, 9.17) is 14.2 Å². The van der Waals surface area contributed by atoms with Crippen molar-refractivity contribution in [2.75, 3.05) is 13.2 Å². The highest BCUT2D eigenvalue weighted by Gasteiger charge is 2.19. The number of allylic oxidation sites excluding steroid dienone is 14. The summed E-state index contributed by atoms with van der Waals surface area (Å²) in [6.45, 7) is 6.55. The van der Waals surface area contributed by atoms with Crippen LogP contribution in [0.4, 0.5) is 0 Å². The zero-order valence-electron chi connectivity index (χ0n) is 48.1. The lowest BCUT2D eigenvalue weighted by molar-refractivity contribution is -0.167. The van der Waals surface area contributed by atoms with Crippen LogP contribution < -0.4 is 0 Å². The first-order valence-electron chi connectivity index (χ1n) is 31.1. The number of hydrogen-bond acceptors (Lipinski definition) is 6. The van der Waals surface area contributed by atoms with Gasteiger partial charge in [0.25, 0.3) is 0 Å². The zero-order chi connectivity index (χ0) is 52.9. The molecule has 1 atom stereocenters. The Morgan fingerprint density at radius 1 is 0.274 bits per heavy atom.